The van der Waals surface area contributed by atoms with Crippen LogP contribution in [0.1, 0.15) is 51.3 Å². The fraction of sp³-hybridized carbons (Fsp3) is 0.727. The van der Waals surface area contributed by atoms with Gasteiger partial charge < -0.3 is 11.5 Å². The molecule has 1 aromatic heterocycles. The number of hydrogen-bond acceptors (Lipinski definition) is 5. The first kappa shape index (κ1) is 11.1. The molecule has 1 aromatic rings. The first-order valence-corrected chi connectivity index (χ1v) is 5.76. The number of rotatable bonds is 1. The van der Waals surface area contributed by atoms with Gasteiger partial charge >= 0.3 is 0 Å². The Morgan fingerprint density at radius 3 is 2.25 bits per heavy atom. The van der Waals surface area contributed by atoms with Crippen molar-refractivity contribution < 1.29 is 0 Å². The van der Waals surface area contributed by atoms with E-state index in [1.165, 1.54) is 19.3 Å². The van der Waals surface area contributed by atoms with Crippen LogP contribution in [0.2, 0.25) is 0 Å². The van der Waals surface area contributed by atoms with Crippen LogP contribution in [0.3, 0.4) is 0 Å². The van der Waals surface area contributed by atoms with Crippen molar-refractivity contribution in [2.24, 2.45) is 5.41 Å². The summed E-state index contributed by atoms with van der Waals surface area (Å²) in [4.78, 5) is 12.3. The fourth-order valence-electron chi connectivity index (χ4n) is 2.56. The first-order chi connectivity index (χ1) is 7.49. The van der Waals surface area contributed by atoms with Crippen molar-refractivity contribution in [1.29, 1.82) is 0 Å². The standard InChI is InChI=1S/C11H19N5/c1-11(2)6-4-3-5-7(11)8-14-9(12)16-10(13)15-8/h7H,3-6H2,1-2H3,(H4,12,13,14,15,16). The minimum atomic E-state index is 0.221. The molecule has 1 unspecified atom stereocenters. The summed E-state index contributed by atoms with van der Waals surface area (Å²) in [5.41, 5.74) is 11.4. The van der Waals surface area contributed by atoms with Gasteiger partial charge in [-0.25, -0.2) is 0 Å². The van der Waals surface area contributed by atoms with Gasteiger partial charge in [0.1, 0.15) is 5.82 Å². The molecule has 0 amide bonds. The molecule has 1 saturated carbocycles. The average Bonchev–Trinajstić information content (AvgIpc) is 2.15. The molecule has 5 heteroatoms. The maximum atomic E-state index is 5.61. The minimum Gasteiger partial charge on any atom is -0.368 e. The topological polar surface area (TPSA) is 90.7 Å². The second kappa shape index (κ2) is 3.88. The Morgan fingerprint density at radius 2 is 1.69 bits per heavy atom. The van der Waals surface area contributed by atoms with Crippen LogP contribution >= 0.6 is 0 Å². The highest BCUT2D eigenvalue weighted by Crippen LogP contribution is 2.45. The Morgan fingerprint density at radius 1 is 1.06 bits per heavy atom. The fourth-order valence-corrected chi connectivity index (χ4v) is 2.56. The molecule has 0 aliphatic heterocycles. The molecular weight excluding hydrogens is 202 g/mol. The maximum Gasteiger partial charge on any atom is 0.225 e. The molecule has 4 N–H and O–H groups in total. The molecule has 0 saturated heterocycles. The van der Waals surface area contributed by atoms with Crippen molar-refractivity contribution in [1.82, 2.24) is 15.0 Å². The first-order valence-electron chi connectivity index (χ1n) is 5.76. The monoisotopic (exact) mass is 221 g/mol. The molecule has 0 aromatic carbocycles. The van der Waals surface area contributed by atoms with E-state index in [2.05, 4.69) is 28.8 Å². The Labute approximate surface area is 95.7 Å². The zero-order valence-corrected chi connectivity index (χ0v) is 9.90. The Bertz CT molecular complexity index is 368. The van der Waals surface area contributed by atoms with E-state index < -0.39 is 0 Å². The lowest BCUT2D eigenvalue weighted by Crippen LogP contribution is -2.28. The summed E-state index contributed by atoms with van der Waals surface area (Å²) in [7, 11) is 0. The van der Waals surface area contributed by atoms with Crippen molar-refractivity contribution in [3.05, 3.63) is 5.82 Å². The van der Waals surface area contributed by atoms with E-state index in [9.17, 15) is 0 Å². The van der Waals surface area contributed by atoms with Crippen LogP contribution in [0.5, 0.6) is 0 Å². The van der Waals surface area contributed by atoms with Gasteiger partial charge in [0.15, 0.2) is 0 Å². The van der Waals surface area contributed by atoms with Crippen LogP contribution in [-0.2, 0) is 0 Å². The summed E-state index contributed by atoms with van der Waals surface area (Å²) in [6, 6.07) is 0. The summed E-state index contributed by atoms with van der Waals surface area (Å²) < 4.78 is 0. The highest BCUT2D eigenvalue weighted by atomic mass is 15.1. The van der Waals surface area contributed by atoms with Gasteiger partial charge in [0.05, 0.1) is 0 Å². The summed E-state index contributed by atoms with van der Waals surface area (Å²) in [5, 5.41) is 0. The van der Waals surface area contributed by atoms with E-state index in [4.69, 9.17) is 11.5 Å². The Balaban J connectivity index is 2.34. The van der Waals surface area contributed by atoms with Crippen LogP contribution in [0.25, 0.3) is 0 Å². The molecule has 0 spiro atoms. The average molecular weight is 221 g/mol. The smallest absolute Gasteiger partial charge is 0.225 e. The molecule has 5 nitrogen and oxygen atoms in total. The van der Waals surface area contributed by atoms with E-state index in [1.807, 2.05) is 0 Å². The maximum absolute atomic E-state index is 5.61. The molecule has 1 aliphatic rings. The lowest BCUT2D eigenvalue weighted by molar-refractivity contribution is 0.192. The van der Waals surface area contributed by atoms with Gasteiger partial charge in [0.25, 0.3) is 0 Å². The second-order valence-electron chi connectivity index (χ2n) is 5.20. The molecule has 1 aliphatic carbocycles. The van der Waals surface area contributed by atoms with Crippen LogP contribution in [0.15, 0.2) is 0 Å². The van der Waals surface area contributed by atoms with Crippen molar-refractivity contribution in [3.63, 3.8) is 0 Å². The van der Waals surface area contributed by atoms with Gasteiger partial charge in [-0.3, -0.25) is 0 Å². The highest BCUT2D eigenvalue weighted by Gasteiger charge is 2.35. The van der Waals surface area contributed by atoms with Gasteiger partial charge in [-0.15, -0.1) is 0 Å². The van der Waals surface area contributed by atoms with Gasteiger partial charge in [-0.1, -0.05) is 26.7 Å². The van der Waals surface area contributed by atoms with Crippen LogP contribution in [0, 0.1) is 5.41 Å². The van der Waals surface area contributed by atoms with E-state index in [0.29, 0.717) is 5.92 Å². The van der Waals surface area contributed by atoms with Crippen molar-refractivity contribution in [2.75, 3.05) is 11.5 Å². The molecule has 1 atom stereocenters. The molecule has 16 heavy (non-hydrogen) atoms. The summed E-state index contributed by atoms with van der Waals surface area (Å²) >= 11 is 0. The molecule has 0 radical (unpaired) electrons. The van der Waals surface area contributed by atoms with Gasteiger partial charge in [-0.2, -0.15) is 15.0 Å². The number of aromatic nitrogens is 3. The highest BCUT2D eigenvalue weighted by molar-refractivity contribution is 5.27. The SMILES string of the molecule is CC1(C)CCCCC1c1nc(N)nc(N)n1. The number of nitrogens with two attached hydrogens (primary N) is 2. The molecular formula is C11H19N5. The lowest BCUT2D eigenvalue weighted by Gasteiger charge is -2.37. The predicted octanol–water partition coefficient (Wildman–Crippen LogP) is 1.72. The quantitative estimate of drug-likeness (QED) is 0.753. The number of nitrogen functional groups attached to an aromatic ring is 2. The third-order valence-corrected chi connectivity index (χ3v) is 3.51. The minimum absolute atomic E-state index is 0.221. The van der Waals surface area contributed by atoms with Gasteiger partial charge in [0.2, 0.25) is 11.9 Å². The molecule has 2 rings (SSSR count). The third-order valence-electron chi connectivity index (χ3n) is 3.51. The summed E-state index contributed by atoms with van der Waals surface area (Å²) in [6.45, 7) is 4.51. The number of anilines is 2. The predicted molar refractivity (Wildman–Crippen MR) is 63.6 cm³/mol. The zero-order chi connectivity index (χ0) is 11.8. The Hall–Kier alpha value is -1.39. The molecule has 1 heterocycles. The summed E-state index contributed by atoms with van der Waals surface area (Å²) in [5.74, 6) is 1.55. The lowest BCUT2D eigenvalue weighted by atomic mass is 9.68. The van der Waals surface area contributed by atoms with Crippen LogP contribution in [0.4, 0.5) is 11.9 Å². The second-order valence-corrected chi connectivity index (χ2v) is 5.20. The zero-order valence-electron chi connectivity index (χ0n) is 9.90. The number of nitrogens with zero attached hydrogens (tertiary/aromatic N) is 3. The molecule has 1 fully saturated rings. The third kappa shape index (κ3) is 2.08. The van der Waals surface area contributed by atoms with Gasteiger partial charge in [0, 0.05) is 5.92 Å². The van der Waals surface area contributed by atoms with Crippen molar-refractivity contribution in [2.45, 2.75) is 45.4 Å². The van der Waals surface area contributed by atoms with Gasteiger partial charge in [-0.05, 0) is 18.3 Å². The Kier molecular flexibility index (Phi) is 2.69. The molecule has 88 valence electrons. The van der Waals surface area contributed by atoms with E-state index in [0.717, 1.165) is 12.2 Å². The molecule has 0 bridgehead atoms. The van der Waals surface area contributed by atoms with Crippen molar-refractivity contribution in [3.8, 4) is 0 Å². The van der Waals surface area contributed by atoms with E-state index in [1.54, 1.807) is 0 Å². The summed E-state index contributed by atoms with van der Waals surface area (Å²) in [6.07, 6.45) is 4.80. The van der Waals surface area contributed by atoms with E-state index in [-0.39, 0.29) is 17.3 Å². The normalized spacial score (nSPS) is 24.2. The van der Waals surface area contributed by atoms with Crippen LogP contribution in [-0.4, -0.2) is 15.0 Å². The van der Waals surface area contributed by atoms with Crippen LogP contribution < -0.4 is 11.5 Å². The van der Waals surface area contributed by atoms with Crippen molar-refractivity contribution >= 4 is 11.9 Å². The number of hydrogen-bond donors (Lipinski definition) is 2. The largest absolute Gasteiger partial charge is 0.368 e. The van der Waals surface area contributed by atoms with E-state index >= 15 is 0 Å².